The average molecular weight is 597 g/mol. The third-order valence-corrected chi connectivity index (χ3v) is 10.0. The molecule has 1 saturated heterocycles. The van der Waals surface area contributed by atoms with Gasteiger partial charge < -0.3 is 15.2 Å². The number of rotatable bonds is 7. The molecule has 0 radical (unpaired) electrons. The van der Waals surface area contributed by atoms with Gasteiger partial charge in [0.1, 0.15) is 11.8 Å². The normalized spacial score (nSPS) is 20.9. The van der Waals surface area contributed by atoms with E-state index in [4.69, 9.17) is 16.6 Å². The number of aryl methyl sites for hydroxylation is 1. The number of pyridine rings is 1. The van der Waals surface area contributed by atoms with Gasteiger partial charge in [-0.05, 0) is 74.8 Å². The molecule has 41 heavy (non-hydrogen) atoms. The second kappa shape index (κ2) is 12.1. The van der Waals surface area contributed by atoms with Crippen LogP contribution in [0.3, 0.4) is 0 Å². The highest BCUT2D eigenvalue weighted by Gasteiger charge is 2.40. The Hall–Kier alpha value is -3.00. The first-order valence-corrected chi connectivity index (χ1v) is 16.6. The lowest BCUT2D eigenvalue weighted by Crippen LogP contribution is -2.48. The molecule has 1 aromatic heterocycles. The Morgan fingerprint density at radius 2 is 1.88 bits per heavy atom. The van der Waals surface area contributed by atoms with Crippen molar-refractivity contribution >= 4 is 38.9 Å². The topological polar surface area (TPSA) is 130 Å². The molecular formula is C30H37ClN6O3S. The number of halogens is 1. The predicted molar refractivity (Wildman–Crippen MR) is 160 cm³/mol. The van der Waals surface area contributed by atoms with E-state index >= 15 is 0 Å². The summed E-state index contributed by atoms with van der Waals surface area (Å²) in [7, 11) is -1.21. The van der Waals surface area contributed by atoms with E-state index in [1.807, 2.05) is 18.2 Å². The predicted octanol–water partition coefficient (Wildman–Crippen LogP) is 4.39. The average Bonchev–Trinajstić information content (AvgIpc) is 3.48. The van der Waals surface area contributed by atoms with E-state index in [1.54, 1.807) is 17.0 Å². The standard InChI is InChI=1S/C30H37ClN6O3S/c1-36(22-8-7-20(18-32)25(31)17-22)29(19-5-3-4-6-19)24-10-11-26-23(28(24)33)9-12-27(34-26)30(38)37-15-13-21(14-16-37)35-41(2,39)40/h7-9,12,17,19,21,24,29,33,35H,3-6,10-11,13-16H2,1-2H3. The Balaban J connectivity index is 1.33. The highest BCUT2D eigenvalue weighted by molar-refractivity contribution is 7.88. The van der Waals surface area contributed by atoms with Crippen LogP contribution in [0.2, 0.25) is 5.02 Å². The number of aromatic nitrogens is 1. The highest BCUT2D eigenvalue weighted by atomic mass is 35.5. The minimum atomic E-state index is -3.28. The van der Waals surface area contributed by atoms with Crippen LogP contribution in [0.4, 0.5) is 5.69 Å². The van der Waals surface area contributed by atoms with E-state index < -0.39 is 10.0 Å². The van der Waals surface area contributed by atoms with Crippen molar-refractivity contribution in [1.82, 2.24) is 14.6 Å². The molecule has 1 aromatic carbocycles. The Morgan fingerprint density at radius 3 is 2.51 bits per heavy atom. The number of nitriles is 1. The molecule has 2 aliphatic carbocycles. The number of fused-ring (bicyclic) bond motifs is 1. The summed E-state index contributed by atoms with van der Waals surface area (Å²) in [5, 5.41) is 19.0. The highest BCUT2D eigenvalue weighted by Crippen LogP contribution is 2.40. The number of piperidine rings is 1. The number of amides is 1. The smallest absolute Gasteiger partial charge is 0.272 e. The summed E-state index contributed by atoms with van der Waals surface area (Å²) >= 11 is 6.39. The van der Waals surface area contributed by atoms with Gasteiger partial charge in [0, 0.05) is 55.1 Å². The molecule has 2 atom stereocenters. The van der Waals surface area contributed by atoms with Crippen molar-refractivity contribution in [1.29, 1.82) is 10.7 Å². The fourth-order valence-corrected chi connectivity index (χ4v) is 7.96. The third-order valence-electron chi connectivity index (χ3n) is 8.93. The Kier molecular flexibility index (Phi) is 8.69. The van der Waals surface area contributed by atoms with E-state index in [2.05, 4.69) is 22.7 Å². The molecule has 2 aromatic rings. The molecule has 2 fully saturated rings. The maximum absolute atomic E-state index is 13.3. The van der Waals surface area contributed by atoms with E-state index in [9.17, 15) is 23.9 Å². The van der Waals surface area contributed by atoms with E-state index in [0.717, 1.165) is 42.5 Å². The molecule has 1 amide bonds. The number of sulfonamides is 1. The van der Waals surface area contributed by atoms with Crippen LogP contribution in [0.5, 0.6) is 0 Å². The number of hydrogen-bond acceptors (Lipinski definition) is 7. The maximum Gasteiger partial charge on any atom is 0.272 e. The van der Waals surface area contributed by atoms with Gasteiger partial charge in [-0.3, -0.25) is 4.79 Å². The van der Waals surface area contributed by atoms with Crippen LogP contribution in [-0.4, -0.2) is 68.4 Å². The first-order chi connectivity index (χ1) is 19.6. The minimum absolute atomic E-state index is 0.00902. The Bertz CT molecular complexity index is 1480. The van der Waals surface area contributed by atoms with Gasteiger partial charge in [-0.25, -0.2) is 18.1 Å². The number of hydrogen-bond donors (Lipinski definition) is 2. The van der Waals surface area contributed by atoms with Gasteiger partial charge in [0.15, 0.2) is 0 Å². The molecule has 2 N–H and O–H groups in total. The number of likely N-dealkylation sites (tertiary alicyclic amines) is 1. The van der Waals surface area contributed by atoms with Crippen molar-refractivity contribution in [2.24, 2.45) is 11.8 Å². The first-order valence-electron chi connectivity index (χ1n) is 14.3. The molecule has 2 heterocycles. The van der Waals surface area contributed by atoms with Gasteiger partial charge in [-0.1, -0.05) is 24.4 Å². The molecule has 11 heteroatoms. The van der Waals surface area contributed by atoms with Crippen LogP contribution in [0, 0.1) is 28.6 Å². The van der Waals surface area contributed by atoms with Crippen LogP contribution >= 0.6 is 11.6 Å². The molecule has 2 unspecified atom stereocenters. The third kappa shape index (κ3) is 6.42. The zero-order chi connectivity index (χ0) is 29.3. The summed E-state index contributed by atoms with van der Waals surface area (Å²) in [6, 6.07) is 11.2. The van der Waals surface area contributed by atoms with Crippen LogP contribution in [0.15, 0.2) is 30.3 Å². The molecule has 1 aliphatic heterocycles. The van der Waals surface area contributed by atoms with Crippen molar-refractivity contribution in [2.75, 3.05) is 31.3 Å². The second-order valence-corrected chi connectivity index (χ2v) is 13.8. The van der Waals surface area contributed by atoms with E-state index in [0.29, 0.717) is 60.3 Å². The molecule has 218 valence electrons. The molecule has 0 spiro atoms. The number of carbonyl (C=O) groups is 1. The molecule has 5 rings (SSSR count). The summed E-state index contributed by atoms with van der Waals surface area (Å²) < 4.78 is 25.7. The summed E-state index contributed by atoms with van der Waals surface area (Å²) in [4.78, 5) is 22.0. The Morgan fingerprint density at radius 1 is 1.17 bits per heavy atom. The lowest BCUT2D eigenvalue weighted by Gasteiger charge is -2.42. The largest absolute Gasteiger partial charge is 0.371 e. The molecule has 0 bridgehead atoms. The molecule has 3 aliphatic rings. The van der Waals surface area contributed by atoms with Crippen molar-refractivity contribution in [3.05, 3.63) is 57.9 Å². The maximum atomic E-state index is 13.3. The van der Waals surface area contributed by atoms with Gasteiger partial charge >= 0.3 is 0 Å². The number of benzene rings is 1. The van der Waals surface area contributed by atoms with E-state index in [-0.39, 0.29) is 23.9 Å². The number of carbonyl (C=O) groups excluding carboxylic acids is 1. The summed E-state index contributed by atoms with van der Waals surface area (Å²) in [6.07, 6.45) is 8.37. The first kappa shape index (κ1) is 29.5. The van der Waals surface area contributed by atoms with Crippen LogP contribution < -0.4 is 9.62 Å². The SMILES string of the molecule is CN(c1ccc(C#N)c(Cl)c1)C(C1CCCC1)C1CCc2nc(C(=O)N3CCC(NS(C)(=O)=O)CC3)ccc2C1=N. The second-order valence-electron chi connectivity index (χ2n) is 11.6. The van der Waals surface area contributed by atoms with Crippen molar-refractivity contribution in [2.45, 2.75) is 63.5 Å². The molecular weight excluding hydrogens is 560 g/mol. The monoisotopic (exact) mass is 596 g/mol. The van der Waals surface area contributed by atoms with Crippen molar-refractivity contribution in [3.63, 3.8) is 0 Å². The Labute approximate surface area is 247 Å². The fourth-order valence-electron chi connectivity index (χ4n) is 6.90. The van der Waals surface area contributed by atoms with Gasteiger partial charge in [-0.15, -0.1) is 0 Å². The lowest BCUT2D eigenvalue weighted by atomic mass is 9.74. The zero-order valence-electron chi connectivity index (χ0n) is 23.6. The number of nitrogens with one attached hydrogen (secondary N) is 2. The van der Waals surface area contributed by atoms with Crippen LogP contribution in [-0.2, 0) is 16.4 Å². The minimum Gasteiger partial charge on any atom is -0.371 e. The van der Waals surface area contributed by atoms with Crippen molar-refractivity contribution in [3.8, 4) is 6.07 Å². The molecule has 9 nitrogen and oxygen atoms in total. The quantitative estimate of drug-likeness (QED) is 0.488. The van der Waals surface area contributed by atoms with Crippen LogP contribution in [0.1, 0.15) is 72.3 Å². The fraction of sp³-hybridized carbons (Fsp3) is 0.533. The van der Waals surface area contributed by atoms with Gasteiger partial charge in [0.25, 0.3) is 5.91 Å². The number of anilines is 1. The summed E-state index contributed by atoms with van der Waals surface area (Å²) in [5.41, 5.74) is 3.93. The molecule has 1 saturated carbocycles. The van der Waals surface area contributed by atoms with Gasteiger partial charge in [0.2, 0.25) is 10.0 Å². The van der Waals surface area contributed by atoms with Gasteiger partial charge in [-0.2, -0.15) is 5.26 Å². The van der Waals surface area contributed by atoms with Gasteiger partial charge in [0.05, 0.1) is 22.5 Å². The summed E-state index contributed by atoms with van der Waals surface area (Å²) in [6.45, 7) is 0.939. The van der Waals surface area contributed by atoms with Crippen molar-refractivity contribution < 1.29 is 13.2 Å². The number of nitrogens with zero attached hydrogens (tertiary/aromatic N) is 4. The van der Waals surface area contributed by atoms with Crippen LogP contribution in [0.25, 0.3) is 0 Å². The summed E-state index contributed by atoms with van der Waals surface area (Å²) in [5.74, 6) is 0.311. The zero-order valence-corrected chi connectivity index (χ0v) is 25.1. The van der Waals surface area contributed by atoms with E-state index in [1.165, 1.54) is 12.8 Å². The lowest BCUT2D eigenvalue weighted by molar-refractivity contribution is 0.0705.